The number of nitrogens with one attached hydrogen (secondary N) is 1. The molecule has 2 fully saturated rings. The summed E-state index contributed by atoms with van der Waals surface area (Å²) in [5.74, 6) is 1.82. The van der Waals surface area contributed by atoms with Gasteiger partial charge in [0, 0.05) is 13.7 Å². The average molecular weight is 211 g/mol. The van der Waals surface area contributed by atoms with E-state index in [4.69, 9.17) is 4.74 Å². The zero-order chi connectivity index (χ0) is 10.5. The predicted molar refractivity (Wildman–Crippen MR) is 63.0 cm³/mol. The summed E-state index contributed by atoms with van der Waals surface area (Å²) in [6, 6.07) is 0. The number of piperidine rings is 1. The first-order chi connectivity index (χ1) is 7.40. The molecule has 2 nitrogen and oxygen atoms in total. The van der Waals surface area contributed by atoms with Crippen molar-refractivity contribution in [3.63, 3.8) is 0 Å². The molecule has 1 N–H and O–H groups in total. The Balaban J connectivity index is 1.79. The van der Waals surface area contributed by atoms with Gasteiger partial charge in [-0.3, -0.25) is 0 Å². The van der Waals surface area contributed by atoms with E-state index in [-0.39, 0.29) is 0 Å². The van der Waals surface area contributed by atoms with Crippen LogP contribution >= 0.6 is 0 Å². The first-order valence-corrected chi connectivity index (χ1v) is 6.63. The predicted octanol–water partition coefficient (Wildman–Crippen LogP) is 2.58. The summed E-state index contributed by atoms with van der Waals surface area (Å²) in [6.07, 6.45) is 10.5. The molecule has 2 rings (SSSR count). The van der Waals surface area contributed by atoms with Gasteiger partial charge in [0.15, 0.2) is 0 Å². The van der Waals surface area contributed by atoms with Crippen LogP contribution in [0.4, 0.5) is 0 Å². The number of hydrogen-bond donors (Lipinski definition) is 1. The van der Waals surface area contributed by atoms with Gasteiger partial charge >= 0.3 is 0 Å². The number of ether oxygens (including phenoxy) is 1. The average Bonchev–Trinajstić information content (AvgIpc) is 2.31. The maximum absolute atomic E-state index is 5.58. The molecule has 0 radical (unpaired) electrons. The van der Waals surface area contributed by atoms with Crippen molar-refractivity contribution in [3.05, 3.63) is 0 Å². The molecule has 1 heterocycles. The molecule has 1 aliphatic carbocycles. The second kappa shape index (κ2) is 5.86. The molecule has 2 heteroatoms. The van der Waals surface area contributed by atoms with Crippen LogP contribution in [0.25, 0.3) is 0 Å². The molecule has 15 heavy (non-hydrogen) atoms. The van der Waals surface area contributed by atoms with Gasteiger partial charge in [-0.05, 0) is 31.2 Å². The van der Waals surface area contributed by atoms with E-state index in [2.05, 4.69) is 5.32 Å². The minimum absolute atomic E-state index is 0.473. The Morgan fingerprint density at radius 3 is 2.67 bits per heavy atom. The standard InChI is InChI=1S/C13H25NO/c1-15-13-10-14-8-7-12(13)9-11-5-3-2-4-6-11/h11-14H,2-10H2,1H3. The van der Waals surface area contributed by atoms with E-state index in [1.807, 2.05) is 7.11 Å². The second-order valence-electron chi connectivity index (χ2n) is 5.27. The highest BCUT2D eigenvalue weighted by Crippen LogP contribution is 2.32. The highest BCUT2D eigenvalue weighted by Gasteiger charge is 2.27. The minimum Gasteiger partial charge on any atom is -0.380 e. The van der Waals surface area contributed by atoms with Gasteiger partial charge in [0.25, 0.3) is 0 Å². The molecular weight excluding hydrogens is 186 g/mol. The fourth-order valence-corrected chi connectivity index (χ4v) is 3.28. The zero-order valence-electron chi connectivity index (χ0n) is 10.0. The second-order valence-corrected chi connectivity index (χ2v) is 5.27. The van der Waals surface area contributed by atoms with Gasteiger partial charge in [0.2, 0.25) is 0 Å². The van der Waals surface area contributed by atoms with Gasteiger partial charge < -0.3 is 10.1 Å². The molecule has 0 aromatic rings. The maximum Gasteiger partial charge on any atom is 0.0724 e. The van der Waals surface area contributed by atoms with E-state index in [1.165, 1.54) is 51.5 Å². The molecule has 1 saturated carbocycles. The van der Waals surface area contributed by atoms with Gasteiger partial charge in [-0.15, -0.1) is 0 Å². The molecular formula is C13H25NO. The van der Waals surface area contributed by atoms with Gasteiger partial charge in [-0.1, -0.05) is 32.1 Å². The van der Waals surface area contributed by atoms with Crippen molar-refractivity contribution in [2.75, 3.05) is 20.2 Å². The van der Waals surface area contributed by atoms with Crippen molar-refractivity contribution < 1.29 is 4.74 Å². The number of methoxy groups -OCH3 is 1. The van der Waals surface area contributed by atoms with Crippen LogP contribution in [-0.4, -0.2) is 26.3 Å². The topological polar surface area (TPSA) is 21.3 Å². The quantitative estimate of drug-likeness (QED) is 0.774. The molecule has 0 spiro atoms. The first-order valence-electron chi connectivity index (χ1n) is 6.63. The van der Waals surface area contributed by atoms with Gasteiger partial charge in [0.1, 0.15) is 0 Å². The summed E-state index contributed by atoms with van der Waals surface area (Å²) in [7, 11) is 1.87. The maximum atomic E-state index is 5.58. The summed E-state index contributed by atoms with van der Waals surface area (Å²) in [5.41, 5.74) is 0. The highest BCUT2D eigenvalue weighted by molar-refractivity contribution is 4.81. The lowest BCUT2D eigenvalue weighted by atomic mass is 9.79. The fraction of sp³-hybridized carbons (Fsp3) is 1.00. The molecule has 1 saturated heterocycles. The van der Waals surface area contributed by atoms with Crippen LogP contribution in [-0.2, 0) is 4.74 Å². The normalized spacial score (nSPS) is 34.2. The lowest BCUT2D eigenvalue weighted by Gasteiger charge is -2.34. The van der Waals surface area contributed by atoms with Crippen molar-refractivity contribution in [2.45, 2.75) is 51.0 Å². The van der Waals surface area contributed by atoms with Crippen LogP contribution in [0.3, 0.4) is 0 Å². The highest BCUT2D eigenvalue weighted by atomic mass is 16.5. The molecule has 0 bridgehead atoms. The van der Waals surface area contributed by atoms with E-state index in [0.717, 1.165) is 18.4 Å². The van der Waals surface area contributed by atoms with Crippen LogP contribution < -0.4 is 5.32 Å². The van der Waals surface area contributed by atoms with E-state index in [1.54, 1.807) is 0 Å². The van der Waals surface area contributed by atoms with Crippen LogP contribution in [0.15, 0.2) is 0 Å². The Hall–Kier alpha value is -0.0800. The third kappa shape index (κ3) is 3.18. The van der Waals surface area contributed by atoms with E-state index < -0.39 is 0 Å². The van der Waals surface area contributed by atoms with Gasteiger partial charge in [0.05, 0.1) is 6.10 Å². The SMILES string of the molecule is COC1CNCCC1CC1CCCCC1. The van der Waals surface area contributed by atoms with E-state index >= 15 is 0 Å². The molecule has 2 aliphatic rings. The van der Waals surface area contributed by atoms with Crippen molar-refractivity contribution in [3.8, 4) is 0 Å². The number of rotatable bonds is 3. The summed E-state index contributed by atoms with van der Waals surface area (Å²) in [4.78, 5) is 0. The van der Waals surface area contributed by atoms with Gasteiger partial charge in [-0.2, -0.15) is 0 Å². The first kappa shape index (κ1) is 11.4. The molecule has 0 aromatic carbocycles. The summed E-state index contributed by atoms with van der Waals surface area (Å²) >= 11 is 0. The Morgan fingerprint density at radius 2 is 1.93 bits per heavy atom. The Kier molecular flexibility index (Phi) is 4.45. The van der Waals surface area contributed by atoms with Crippen LogP contribution in [0.2, 0.25) is 0 Å². The lowest BCUT2D eigenvalue weighted by Crippen LogP contribution is -2.42. The smallest absolute Gasteiger partial charge is 0.0724 e. The summed E-state index contributed by atoms with van der Waals surface area (Å²) in [6.45, 7) is 2.26. The summed E-state index contributed by atoms with van der Waals surface area (Å²) < 4.78 is 5.58. The van der Waals surface area contributed by atoms with E-state index in [9.17, 15) is 0 Å². The molecule has 1 aliphatic heterocycles. The van der Waals surface area contributed by atoms with Crippen molar-refractivity contribution in [2.24, 2.45) is 11.8 Å². The van der Waals surface area contributed by atoms with Crippen molar-refractivity contribution >= 4 is 0 Å². The largest absolute Gasteiger partial charge is 0.380 e. The molecule has 0 amide bonds. The van der Waals surface area contributed by atoms with Crippen LogP contribution in [0.5, 0.6) is 0 Å². The van der Waals surface area contributed by atoms with Crippen LogP contribution in [0.1, 0.15) is 44.9 Å². The molecule has 2 unspecified atom stereocenters. The third-order valence-corrected chi connectivity index (χ3v) is 4.23. The van der Waals surface area contributed by atoms with Crippen molar-refractivity contribution in [1.82, 2.24) is 5.32 Å². The fourth-order valence-electron chi connectivity index (χ4n) is 3.28. The van der Waals surface area contributed by atoms with E-state index in [0.29, 0.717) is 6.10 Å². The Labute approximate surface area is 93.8 Å². The molecule has 0 aromatic heterocycles. The third-order valence-electron chi connectivity index (χ3n) is 4.23. The zero-order valence-corrected chi connectivity index (χ0v) is 10.0. The summed E-state index contributed by atoms with van der Waals surface area (Å²) in [5, 5.41) is 3.43. The molecule has 88 valence electrons. The Bertz CT molecular complexity index is 177. The Morgan fingerprint density at radius 1 is 1.13 bits per heavy atom. The van der Waals surface area contributed by atoms with Crippen molar-refractivity contribution in [1.29, 1.82) is 0 Å². The molecule has 2 atom stereocenters. The number of hydrogen-bond acceptors (Lipinski definition) is 2. The van der Waals surface area contributed by atoms with Gasteiger partial charge in [-0.25, -0.2) is 0 Å². The lowest BCUT2D eigenvalue weighted by molar-refractivity contribution is 0.0214. The minimum atomic E-state index is 0.473. The monoisotopic (exact) mass is 211 g/mol. The van der Waals surface area contributed by atoms with Crippen LogP contribution in [0, 0.1) is 11.8 Å².